The number of aryl methyl sites for hydroxylation is 1. The molecule has 3 aromatic carbocycles. The van der Waals surface area contributed by atoms with Crippen molar-refractivity contribution < 1.29 is 19.1 Å². The highest BCUT2D eigenvalue weighted by Crippen LogP contribution is 2.23. The van der Waals surface area contributed by atoms with Crippen LogP contribution in [-0.2, 0) is 16.1 Å². The van der Waals surface area contributed by atoms with E-state index in [1.165, 1.54) is 0 Å². The van der Waals surface area contributed by atoms with Crippen LogP contribution >= 0.6 is 0 Å². The van der Waals surface area contributed by atoms with Gasteiger partial charge in [-0.1, -0.05) is 66.2 Å². The van der Waals surface area contributed by atoms with Crippen LogP contribution in [0.3, 0.4) is 0 Å². The number of para-hydroxylation sites is 2. The molecule has 1 fully saturated rings. The molecule has 0 atom stereocenters. The van der Waals surface area contributed by atoms with Crippen LogP contribution in [-0.4, -0.2) is 29.4 Å². The summed E-state index contributed by atoms with van der Waals surface area (Å²) in [4.78, 5) is 38.6. The Morgan fingerprint density at radius 3 is 2.42 bits per heavy atom. The number of nitrogens with one attached hydrogen (secondary N) is 2. The minimum absolute atomic E-state index is 0.150. The Balaban J connectivity index is 1.44. The van der Waals surface area contributed by atoms with Crippen LogP contribution in [0.2, 0.25) is 0 Å². The Labute approximate surface area is 191 Å². The molecule has 0 saturated carbocycles. The van der Waals surface area contributed by atoms with E-state index in [0.29, 0.717) is 17.0 Å². The highest BCUT2D eigenvalue weighted by Gasteiger charge is 2.33. The maximum atomic E-state index is 12.8. The summed E-state index contributed by atoms with van der Waals surface area (Å²) in [7, 11) is 0. The summed E-state index contributed by atoms with van der Waals surface area (Å²) in [6, 6.07) is 23.3. The molecule has 0 bridgehead atoms. The van der Waals surface area contributed by atoms with Gasteiger partial charge in [0.1, 0.15) is 11.4 Å². The minimum Gasteiger partial charge on any atom is -0.483 e. The van der Waals surface area contributed by atoms with Crippen molar-refractivity contribution in [1.82, 2.24) is 10.2 Å². The van der Waals surface area contributed by atoms with E-state index in [0.717, 1.165) is 16.0 Å². The normalized spacial score (nSPS) is 14.3. The van der Waals surface area contributed by atoms with Crippen LogP contribution in [0.15, 0.2) is 84.6 Å². The lowest BCUT2D eigenvalue weighted by atomic mass is 10.1. The second kappa shape index (κ2) is 9.82. The van der Waals surface area contributed by atoms with Crippen LogP contribution in [0.1, 0.15) is 16.7 Å². The SMILES string of the molecule is Cc1ccc(CN2C(=O)N/C(=C/c3ccccc3OCC(=O)Nc3ccccc3)C2=O)cc1. The number of carbonyl (C=O) groups is 3. The molecule has 0 spiro atoms. The van der Waals surface area contributed by atoms with E-state index >= 15 is 0 Å². The van der Waals surface area contributed by atoms with E-state index in [9.17, 15) is 14.4 Å². The van der Waals surface area contributed by atoms with E-state index in [1.54, 1.807) is 42.5 Å². The largest absolute Gasteiger partial charge is 0.483 e. The van der Waals surface area contributed by atoms with Gasteiger partial charge in [-0.05, 0) is 36.8 Å². The molecule has 166 valence electrons. The third-order valence-electron chi connectivity index (χ3n) is 5.06. The summed E-state index contributed by atoms with van der Waals surface area (Å²) < 4.78 is 5.68. The third kappa shape index (κ3) is 5.46. The molecule has 0 aromatic heterocycles. The third-order valence-corrected chi connectivity index (χ3v) is 5.06. The van der Waals surface area contributed by atoms with Gasteiger partial charge in [0.25, 0.3) is 11.8 Å². The smallest absolute Gasteiger partial charge is 0.329 e. The van der Waals surface area contributed by atoms with Crippen LogP contribution in [0, 0.1) is 6.92 Å². The van der Waals surface area contributed by atoms with Gasteiger partial charge < -0.3 is 15.4 Å². The van der Waals surface area contributed by atoms with Crippen LogP contribution in [0.5, 0.6) is 5.75 Å². The predicted octanol–water partition coefficient (Wildman–Crippen LogP) is 4.11. The molecule has 1 saturated heterocycles. The van der Waals surface area contributed by atoms with Crippen LogP contribution < -0.4 is 15.4 Å². The fraction of sp³-hybridized carbons (Fsp3) is 0.115. The lowest BCUT2D eigenvalue weighted by molar-refractivity contribution is -0.123. The number of ether oxygens (including phenoxy) is 1. The maximum absolute atomic E-state index is 12.8. The van der Waals surface area contributed by atoms with Crippen molar-refractivity contribution >= 4 is 29.6 Å². The van der Waals surface area contributed by atoms with Crippen molar-refractivity contribution in [2.45, 2.75) is 13.5 Å². The predicted molar refractivity (Wildman–Crippen MR) is 125 cm³/mol. The van der Waals surface area contributed by atoms with Gasteiger partial charge in [0, 0.05) is 11.3 Å². The number of hydrogen-bond donors (Lipinski definition) is 2. The first-order valence-electron chi connectivity index (χ1n) is 10.5. The standard InChI is InChI=1S/C26H23N3O4/c1-18-11-13-19(14-12-18)16-29-25(31)22(28-26(29)32)15-20-7-5-6-10-23(20)33-17-24(30)27-21-8-3-2-4-9-21/h2-15H,16-17H2,1H3,(H,27,30)(H,28,32)/b22-15+. The van der Waals surface area contributed by atoms with Gasteiger partial charge in [0.15, 0.2) is 6.61 Å². The van der Waals surface area contributed by atoms with Gasteiger partial charge in [-0.2, -0.15) is 0 Å². The lowest BCUT2D eigenvalue weighted by Gasteiger charge is -2.12. The second-order valence-electron chi connectivity index (χ2n) is 7.61. The number of amides is 4. The zero-order valence-corrected chi connectivity index (χ0v) is 18.1. The molecule has 7 nitrogen and oxygen atoms in total. The topological polar surface area (TPSA) is 87.7 Å². The van der Waals surface area contributed by atoms with Crippen molar-refractivity contribution in [3.63, 3.8) is 0 Å². The Morgan fingerprint density at radius 1 is 0.970 bits per heavy atom. The first kappa shape index (κ1) is 21.8. The molecule has 0 unspecified atom stereocenters. The molecule has 2 N–H and O–H groups in total. The zero-order chi connectivity index (χ0) is 23.2. The highest BCUT2D eigenvalue weighted by atomic mass is 16.5. The number of nitrogens with zero attached hydrogens (tertiary/aromatic N) is 1. The molecule has 1 heterocycles. The second-order valence-corrected chi connectivity index (χ2v) is 7.61. The molecule has 0 radical (unpaired) electrons. The van der Waals surface area contributed by atoms with Crippen molar-refractivity contribution in [3.05, 3.63) is 101 Å². The first-order chi connectivity index (χ1) is 16.0. The van der Waals surface area contributed by atoms with E-state index in [4.69, 9.17) is 4.74 Å². The number of urea groups is 1. The van der Waals surface area contributed by atoms with E-state index in [1.807, 2.05) is 49.4 Å². The monoisotopic (exact) mass is 441 g/mol. The Morgan fingerprint density at radius 2 is 1.67 bits per heavy atom. The number of anilines is 1. The van der Waals surface area contributed by atoms with Gasteiger partial charge >= 0.3 is 6.03 Å². The fourth-order valence-corrected chi connectivity index (χ4v) is 3.34. The van der Waals surface area contributed by atoms with Crippen molar-refractivity contribution in [2.75, 3.05) is 11.9 Å². The average molecular weight is 441 g/mol. The van der Waals surface area contributed by atoms with Gasteiger partial charge in [-0.3, -0.25) is 14.5 Å². The van der Waals surface area contributed by atoms with Crippen LogP contribution in [0.4, 0.5) is 10.5 Å². The van der Waals surface area contributed by atoms with Gasteiger partial charge in [-0.15, -0.1) is 0 Å². The van der Waals surface area contributed by atoms with E-state index in [-0.39, 0.29) is 24.8 Å². The molecule has 4 rings (SSSR count). The Hall–Kier alpha value is -4.39. The number of benzene rings is 3. The zero-order valence-electron chi connectivity index (χ0n) is 18.1. The fourth-order valence-electron chi connectivity index (χ4n) is 3.34. The number of hydrogen-bond acceptors (Lipinski definition) is 4. The summed E-state index contributed by atoms with van der Waals surface area (Å²) >= 11 is 0. The lowest BCUT2D eigenvalue weighted by Crippen LogP contribution is -2.30. The minimum atomic E-state index is -0.479. The summed E-state index contributed by atoms with van der Waals surface area (Å²) in [6.07, 6.45) is 1.56. The molecule has 0 aliphatic carbocycles. The number of rotatable bonds is 7. The molecular formula is C26H23N3O4. The van der Waals surface area contributed by atoms with E-state index < -0.39 is 11.9 Å². The molecule has 4 amide bonds. The van der Waals surface area contributed by atoms with Gasteiger partial charge in [0.2, 0.25) is 0 Å². The quantitative estimate of drug-likeness (QED) is 0.427. The molecule has 1 aliphatic rings. The molecule has 3 aromatic rings. The molecule has 1 aliphatic heterocycles. The summed E-state index contributed by atoms with van der Waals surface area (Å²) in [5.41, 5.74) is 3.36. The van der Waals surface area contributed by atoms with E-state index in [2.05, 4.69) is 10.6 Å². The first-order valence-corrected chi connectivity index (χ1v) is 10.5. The summed E-state index contributed by atoms with van der Waals surface area (Å²) in [5, 5.41) is 5.38. The molecular weight excluding hydrogens is 418 g/mol. The van der Waals surface area contributed by atoms with Crippen molar-refractivity contribution in [3.8, 4) is 5.75 Å². The van der Waals surface area contributed by atoms with Crippen LogP contribution in [0.25, 0.3) is 6.08 Å². The average Bonchev–Trinajstić information content (AvgIpc) is 3.08. The molecule has 33 heavy (non-hydrogen) atoms. The summed E-state index contributed by atoms with van der Waals surface area (Å²) in [6.45, 7) is 1.96. The maximum Gasteiger partial charge on any atom is 0.329 e. The molecule has 7 heteroatoms. The Kier molecular flexibility index (Phi) is 6.50. The Bertz CT molecular complexity index is 1200. The van der Waals surface area contributed by atoms with Gasteiger partial charge in [-0.25, -0.2) is 4.79 Å². The number of imide groups is 1. The number of carbonyl (C=O) groups excluding carboxylic acids is 3. The van der Waals surface area contributed by atoms with Crippen molar-refractivity contribution in [1.29, 1.82) is 0 Å². The summed E-state index contributed by atoms with van der Waals surface area (Å²) in [5.74, 6) is -0.303. The highest BCUT2D eigenvalue weighted by molar-refractivity contribution is 6.14. The van der Waals surface area contributed by atoms with Gasteiger partial charge in [0.05, 0.1) is 6.54 Å². The van der Waals surface area contributed by atoms with Crippen molar-refractivity contribution in [2.24, 2.45) is 0 Å².